The average Bonchev–Trinajstić information content (AvgIpc) is 2.37. The maximum Gasteiger partial charge on any atom is 0.238 e. The molecule has 1 aliphatic heterocycles. The molecule has 0 spiro atoms. The number of halogens is 2. The Hall–Kier alpha value is -1.46. The van der Waals surface area contributed by atoms with E-state index in [-0.39, 0.29) is 23.3 Å². The number of nitrogens with one attached hydrogen (secondary N) is 1. The Morgan fingerprint density at radius 3 is 2.68 bits per heavy atom. The van der Waals surface area contributed by atoms with Gasteiger partial charge in [0.25, 0.3) is 0 Å². The molecule has 1 aromatic carbocycles. The summed E-state index contributed by atoms with van der Waals surface area (Å²) >= 11 is 5.63. The van der Waals surface area contributed by atoms with Gasteiger partial charge in [0.2, 0.25) is 5.91 Å². The van der Waals surface area contributed by atoms with E-state index in [1.807, 2.05) is 4.90 Å². The predicted molar refractivity (Wildman–Crippen MR) is 70.7 cm³/mol. The van der Waals surface area contributed by atoms with Crippen molar-refractivity contribution in [1.29, 1.82) is 0 Å². The summed E-state index contributed by atoms with van der Waals surface area (Å²) in [4.78, 5) is 24.8. The molecular formula is C13H14ClFN2O2. The Morgan fingerprint density at radius 1 is 1.37 bits per heavy atom. The van der Waals surface area contributed by atoms with Crippen molar-refractivity contribution in [2.45, 2.75) is 12.8 Å². The maximum atomic E-state index is 13.0. The summed E-state index contributed by atoms with van der Waals surface area (Å²) in [6, 6.07) is 4.03. The Morgan fingerprint density at radius 2 is 2.05 bits per heavy atom. The number of Topliss-reactive ketones (excluding diaryl/α,β-unsaturated/α-hetero) is 1. The van der Waals surface area contributed by atoms with Gasteiger partial charge in [0.1, 0.15) is 11.6 Å². The van der Waals surface area contributed by atoms with Gasteiger partial charge < -0.3 is 5.32 Å². The van der Waals surface area contributed by atoms with E-state index < -0.39 is 5.82 Å². The third kappa shape index (κ3) is 4.01. The third-order valence-corrected chi connectivity index (χ3v) is 3.27. The van der Waals surface area contributed by atoms with Crippen molar-refractivity contribution in [3.8, 4) is 0 Å². The van der Waals surface area contributed by atoms with Gasteiger partial charge in [-0.2, -0.15) is 0 Å². The van der Waals surface area contributed by atoms with E-state index in [4.69, 9.17) is 11.6 Å². The lowest BCUT2D eigenvalue weighted by Gasteiger charge is -2.24. The van der Waals surface area contributed by atoms with Crippen LogP contribution >= 0.6 is 11.6 Å². The van der Waals surface area contributed by atoms with Gasteiger partial charge in [-0.15, -0.1) is 0 Å². The van der Waals surface area contributed by atoms with E-state index in [1.54, 1.807) is 0 Å². The van der Waals surface area contributed by atoms with Crippen LogP contribution in [0, 0.1) is 5.82 Å². The zero-order valence-electron chi connectivity index (χ0n) is 10.3. The number of benzene rings is 1. The van der Waals surface area contributed by atoms with Crippen LogP contribution in [-0.4, -0.2) is 36.2 Å². The number of amides is 1. The van der Waals surface area contributed by atoms with Gasteiger partial charge in [-0.25, -0.2) is 4.39 Å². The highest BCUT2D eigenvalue weighted by atomic mass is 35.5. The molecule has 0 unspecified atom stereocenters. The molecule has 102 valence electrons. The molecule has 2 rings (SSSR count). The van der Waals surface area contributed by atoms with E-state index >= 15 is 0 Å². The molecule has 0 saturated carbocycles. The fourth-order valence-corrected chi connectivity index (χ4v) is 2.12. The number of hydrogen-bond acceptors (Lipinski definition) is 3. The molecule has 1 fully saturated rings. The molecule has 1 saturated heterocycles. The normalized spacial score (nSPS) is 16.4. The molecule has 0 aliphatic carbocycles. The minimum Gasteiger partial charge on any atom is -0.325 e. The van der Waals surface area contributed by atoms with Crippen molar-refractivity contribution in [1.82, 2.24) is 4.90 Å². The Kier molecular flexibility index (Phi) is 4.50. The first-order valence-corrected chi connectivity index (χ1v) is 6.41. The fraction of sp³-hybridized carbons (Fsp3) is 0.385. The smallest absolute Gasteiger partial charge is 0.238 e. The van der Waals surface area contributed by atoms with E-state index in [2.05, 4.69) is 5.32 Å². The Bertz CT molecular complexity index is 497. The first-order chi connectivity index (χ1) is 9.04. The topological polar surface area (TPSA) is 49.4 Å². The van der Waals surface area contributed by atoms with E-state index in [9.17, 15) is 14.0 Å². The summed E-state index contributed by atoms with van der Waals surface area (Å²) in [5, 5.41) is 2.63. The first kappa shape index (κ1) is 14.0. The maximum absolute atomic E-state index is 13.0. The number of likely N-dealkylation sites (tertiary alicyclic amines) is 1. The lowest BCUT2D eigenvalue weighted by atomic mass is 10.1. The lowest BCUT2D eigenvalue weighted by Crippen LogP contribution is -2.39. The highest BCUT2D eigenvalue weighted by Gasteiger charge is 2.18. The number of nitrogens with zero attached hydrogens (tertiary/aromatic N) is 1. The number of anilines is 1. The van der Waals surface area contributed by atoms with Crippen LogP contribution in [0.25, 0.3) is 0 Å². The lowest BCUT2D eigenvalue weighted by molar-refractivity contribution is -0.124. The standard InChI is InChI=1S/C13H14ClFN2O2/c14-11-7-9(1-2-12(11)15)16-13(19)8-17-5-3-10(18)4-6-17/h1-2,7H,3-6,8H2,(H,16,19). The minimum atomic E-state index is -0.519. The van der Waals surface area contributed by atoms with Crippen LogP contribution in [0.5, 0.6) is 0 Å². The van der Waals surface area contributed by atoms with Crippen molar-refractivity contribution < 1.29 is 14.0 Å². The van der Waals surface area contributed by atoms with Gasteiger partial charge >= 0.3 is 0 Å². The number of hydrogen-bond donors (Lipinski definition) is 1. The molecule has 6 heteroatoms. The molecule has 1 aliphatic rings. The predicted octanol–water partition coefficient (Wildman–Crippen LogP) is 2.08. The molecular weight excluding hydrogens is 271 g/mol. The Labute approximate surface area is 115 Å². The van der Waals surface area contributed by atoms with Gasteiger partial charge in [-0.05, 0) is 18.2 Å². The number of piperidine rings is 1. The molecule has 1 N–H and O–H groups in total. The van der Waals surface area contributed by atoms with Gasteiger partial charge in [0, 0.05) is 31.6 Å². The second kappa shape index (κ2) is 6.12. The molecule has 0 atom stereocenters. The summed E-state index contributed by atoms with van der Waals surface area (Å²) in [5.74, 6) is -0.479. The molecule has 1 heterocycles. The largest absolute Gasteiger partial charge is 0.325 e. The van der Waals surface area contributed by atoms with Crippen molar-refractivity contribution >= 4 is 29.0 Å². The summed E-state index contributed by atoms with van der Waals surface area (Å²) in [6.45, 7) is 1.44. The van der Waals surface area contributed by atoms with Crippen molar-refractivity contribution in [2.24, 2.45) is 0 Å². The second-order valence-corrected chi connectivity index (χ2v) is 4.90. The minimum absolute atomic E-state index is 0.0265. The van der Waals surface area contributed by atoms with E-state index in [0.717, 1.165) is 0 Å². The zero-order valence-corrected chi connectivity index (χ0v) is 11.0. The first-order valence-electron chi connectivity index (χ1n) is 6.03. The van der Waals surface area contributed by atoms with Crippen molar-refractivity contribution in [3.63, 3.8) is 0 Å². The average molecular weight is 285 g/mol. The van der Waals surface area contributed by atoms with E-state index in [1.165, 1.54) is 18.2 Å². The van der Waals surface area contributed by atoms with Crippen molar-refractivity contribution in [3.05, 3.63) is 29.0 Å². The Balaban J connectivity index is 1.87. The zero-order chi connectivity index (χ0) is 13.8. The summed E-state index contributed by atoms with van der Waals surface area (Å²) in [5.41, 5.74) is 0.462. The second-order valence-electron chi connectivity index (χ2n) is 4.49. The van der Waals surface area contributed by atoms with Crippen LogP contribution < -0.4 is 5.32 Å². The molecule has 1 aromatic rings. The van der Waals surface area contributed by atoms with Crippen molar-refractivity contribution in [2.75, 3.05) is 25.0 Å². The molecule has 4 nitrogen and oxygen atoms in total. The SMILES string of the molecule is O=C1CCN(CC(=O)Nc2ccc(F)c(Cl)c2)CC1. The van der Waals surface area contributed by atoms with Gasteiger partial charge in [-0.1, -0.05) is 11.6 Å². The fourth-order valence-electron chi connectivity index (χ4n) is 1.94. The van der Waals surface area contributed by atoms with Crippen LogP contribution in [0.15, 0.2) is 18.2 Å². The van der Waals surface area contributed by atoms with Gasteiger partial charge in [0.05, 0.1) is 11.6 Å². The summed E-state index contributed by atoms with van der Waals surface area (Å²) < 4.78 is 13.0. The molecule has 1 amide bonds. The van der Waals surface area contributed by atoms with Crippen LogP contribution in [0.1, 0.15) is 12.8 Å². The molecule has 0 radical (unpaired) electrons. The number of ketones is 1. The highest BCUT2D eigenvalue weighted by Crippen LogP contribution is 2.19. The van der Waals surface area contributed by atoms with Gasteiger partial charge in [0.15, 0.2) is 0 Å². The van der Waals surface area contributed by atoms with Crippen LogP contribution in [0.2, 0.25) is 5.02 Å². The quantitative estimate of drug-likeness (QED) is 0.924. The van der Waals surface area contributed by atoms with Gasteiger partial charge in [-0.3, -0.25) is 14.5 Å². The summed E-state index contributed by atoms with van der Waals surface area (Å²) in [7, 11) is 0. The van der Waals surface area contributed by atoms with Crippen LogP contribution in [-0.2, 0) is 9.59 Å². The summed E-state index contributed by atoms with van der Waals surface area (Å²) in [6.07, 6.45) is 0.991. The molecule has 19 heavy (non-hydrogen) atoms. The third-order valence-electron chi connectivity index (χ3n) is 2.98. The number of rotatable bonds is 3. The molecule has 0 bridgehead atoms. The van der Waals surface area contributed by atoms with Crippen LogP contribution in [0.3, 0.4) is 0 Å². The number of carbonyl (C=O) groups is 2. The molecule has 0 aromatic heterocycles. The van der Waals surface area contributed by atoms with E-state index in [0.29, 0.717) is 31.6 Å². The monoisotopic (exact) mass is 284 g/mol. The van der Waals surface area contributed by atoms with Crippen LogP contribution in [0.4, 0.5) is 10.1 Å². The number of carbonyl (C=O) groups excluding carboxylic acids is 2. The highest BCUT2D eigenvalue weighted by molar-refractivity contribution is 6.31.